The van der Waals surface area contributed by atoms with Crippen LogP contribution in [0.3, 0.4) is 0 Å². The maximum atomic E-state index is 12.6. The lowest BCUT2D eigenvalue weighted by Gasteiger charge is -2.32. The van der Waals surface area contributed by atoms with Gasteiger partial charge in [-0.25, -0.2) is 4.79 Å². The molecule has 1 aromatic heterocycles. The minimum Gasteiger partial charge on any atom is -0.471 e. The topological polar surface area (TPSA) is 61.1 Å². The summed E-state index contributed by atoms with van der Waals surface area (Å²) in [6.45, 7) is 1.09. The molecule has 0 radical (unpaired) electrons. The molecule has 148 valence electrons. The average molecular weight is 412 g/mol. The Morgan fingerprint density at radius 3 is 2.66 bits per heavy atom. The zero-order valence-electron chi connectivity index (χ0n) is 15.6. The van der Waals surface area contributed by atoms with Crippen LogP contribution in [0.1, 0.15) is 29.5 Å². The maximum absolute atomic E-state index is 12.6. The zero-order chi connectivity index (χ0) is 19.5. The molecule has 3 aromatic rings. The number of rotatable bonds is 1. The molecule has 0 amide bonds. The molecule has 0 unspecified atom stereocenters. The van der Waals surface area contributed by atoms with Gasteiger partial charge in [0.15, 0.2) is 18.2 Å². The molecule has 2 aromatic carbocycles. The van der Waals surface area contributed by atoms with Crippen molar-refractivity contribution in [2.75, 3.05) is 18.4 Å². The van der Waals surface area contributed by atoms with Crippen molar-refractivity contribution >= 4 is 28.3 Å². The lowest BCUT2D eigenvalue weighted by molar-refractivity contribution is 0.174. The quantitative estimate of drug-likeness (QED) is 0.553. The number of anilines is 1. The van der Waals surface area contributed by atoms with Crippen LogP contribution in [-0.4, -0.2) is 13.5 Å². The fraction of sp³-hybridized carbons (Fsp3) is 0.318. The molecule has 0 fully saturated rings. The van der Waals surface area contributed by atoms with Gasteiger partial charge in [-0.15, -0.1) is 0 Å². The number of hydrogen-bond acceptors (Lipinski definition) is 6. The van der Waals surface area contributed by atoms with Crippen LogP contribution >= 0.6 is 11.6 Å². The first kappa shape index (κ1) is 17.0. The van der Waals surface area contributed by atoms with Gasteiger partial charge in [-0.3, -0.25) is 0 Å². The summed E-state index contributed by atoms with van der Waals surface area (Å²) < 4.78 is 22.7. The van der Waals surface area contributed by atoms with Crippen molar-refractivity contribution in [2.24, 2.45) is 0 Å². The second kappa shape index (κ2) is 6.32. The van der Waals surface area contributed by atoms with Crippen molar-refractivity contribution in [3.63, 3.8) is 0 Å². The molecule has 0 bridgehead atoms. The van der Waals surface area contributed by atoms with E-state index in [1.54, 1.807) is 0 Å². The van der Waals surface area contributed by atoms with E-state index in [1.165, 1.54) is 0 Å². The molecule has 3 heterocycles. The van der Waals surface area contributed by atoms with Crippen LogP contribution in [-0.2, 0) is 19.4 Å². The Morgan fingerprint density at radius 1 is 0.931 bits per heavy atom. The number of hydrogen-bond donors (Lipinski definition) is 0. The Morgan fingerprint density at radius 2 is 1.76 bits per heavy atom. The van der Waals surface area contributed by atoms with Gasteiger partial charge in [-0.2, -0.15) is 0 Å². The highest BCUT2D eigenvalue weighted by molar-refractivity contribution is 6.33. The third-order valence-electron chi connectivity index (χ3n) is 5.95. The highest BCUT2D eigenvalue weighted by Gasteiger charge is 2.28. The molecule has 0 spiro atoms. The summed E-state index contributed by atoms with van der Waals surface area (Å²) in [6.07, 6.45) is 3.73. The van der Waals surface area contributed by atoms with E-state index in [0.29, 0.717) is 35.4 Å². The summed E-state index contributed by atoms with van der Waals surface area (Å²) in [4.78, 5) is 14.7. The number of benzene rings is 2. The van der Waals surface area contributed by atoms with Gasteiger partial charge in [0.25, 0.3) is 0 Å². The predicted octanol–water partition coefficient (Wildman–Crippen LogP) is 4.41. The van der Waals surface area contributed by atoms with Crippen LogP contribution in [0.4, 0.5) is 5.69 Å². The number of nitrogens with zero attached hydrogens (tertiary/aromatic N) is 1. The largest absolute Gasteiger partial charge is 0.471 e. The van der Waals surface area contributed by atoms with Crippen LogP contribution in [0, 0.1) is 0 Å². The molecule has 6 nitrogen and oxygen atoms in total. The summed E-state index contributed by atoms with van der Waals surface area (Å²) in [5.41, 5.74) is 3.96. The Kier molecular flexibility index (Phi) is 3.71. The van der Waals surface area contributed by atoms with Crippen molar-refractivity contribution in [3.8, 4) is 17.2 Å². The number of aryl methyl sites for hydroxylation is 1. The summed E-state index contributed by atoms with van der Waals surface area (Å²) >= 11 is 6.57. The average Bonchev–Trinajstić information content (AvgIpc) is 3.23. The van der Waals surface area contributed by atoms with Gasteiger partial charge < -0.3 is 23.5 Å². The fourth-order valence-electron chi connectivity index (χ4n) is 4.52. The van der Waals surface area contributed by atoms with E-state index >= 15 is 0 Å². The maximum Gasteiger partial charge on any atom is 0.339 e. The lowest BCUT2D eigenvalue weighted by Crippen LogP contribution is -2.32. The molecule has 3 aliphatic rings. The van der Waals surface area contributed by atoms with Gasteiger partial charge in [0.1, 0.15) is 11.3 Å². The second-order valence-corrected chi connectivity index (χ2v) is 8.01. The van der Waals surface area contributed by atoms with Crippen LogP contribution < -0.4 is 24.7 Å². The molecule has 0 N–H and O–H groups in total. The van der Waals surface area contributed by atoms with Crippen molar-refractivity contribution in [1.29, 1.82) is 0 Å². The van der Waals surface area contributed by atoms with E-state index in [4.69, 9.17) is 30.2 Å². The van der Waals surface area contributed by atoms with Crippen molar-refractivity contribution in [2.45, 2.75) is 32.2 Å². The Hall–Kier alpha value is -2.86. The second-order valence-electron chi connectivity index (χ2n) is 7.61. The number of fused-ring (bicyclic) bond motifs is 6. The van der Waals surface area contributed by atoms with E-state index in [9.17, 15) is 4.79 Å². The van der Waals surface area contributed by atoms with Crippen molar-refractivity contribution < 1.29 is 18.6 Å². The highest BCUT2D eigenvalue weighted by Crippen LogP contribution is 2.43. The van der Waals surface area contributed by atoms with E-state index in [-0.39, 0.29) is 12.4 Å². The van der Waals surface area contributed by atoms with E-state index < -0.39 is 0 Å². The Bertz CT molecular complexity index is 1220. The predicted molar refractivity (Wildman–Crippen MR) is 108 cm³/mol. The van der Waals surface area contributed by atoms with Crippen LogP contribution in [0.25, 0.3) is 11.0 Å². The van der Waals surface area contributed by atoms with Gasteiger partial charge >= 0.3 is 5.63 Å². The van der Waals surface area contributed by atoms with Gasteiger partial charge in [-0.1, -0.05) is 11.6 Å². The number of halogens is 1. The third kappa shape index (κ3) is 2.59. The summed E-state index contributed by atoms with van der Waals surface area (Å²) in [5.74, 6) is 2.04. The molecule has 6 rings (SSSR count). The standard InChI is InChI=1S/C22H18ClNO5/c23-17-8-15-13-3-1-2-4-14(13)22(25)29-20(15)16-9-24(10-26-21(16)17)12-5-6-18-19(7-12)28-11-27-18/h5-8H,1-4,9-11H2. The minimum absolute atomic E-state index is 0.231. The molecule has 29 heavy (non-hydrogen) atoms. The molecule has 0 saturated heterocycles. The Balaban J connectivity index is 1.49. The molecule has 7 heteroatoms. The molecular formula is C22H18ClNO5. The molecule has 2 aliphatic heterocycles. The molecule has 0 saturated carbocycles. The van der Waals surface area contributed by atoms with Gasteiger partial charge in [0, 0.05) is 22.7 Å². The van der Waals surface area contributed by atoms with Crippen molar-refractivity contribution in [1.82, 2.24) is 0 Å². The van der Waals surface area contributed by atoms with Crippen LogP contribution in [0.2, 0.25) is 5.02 Å². The third-order valence-corrected chi connectivity index (χ3v) is 6.23. The van der Waals surface area contributed by atoms with E-state index in [1.807, 2.05) is 24.3 Å². The summed E-state index contributed by atoms with van der Waals surface area (Å²) in [7, 11) is 0. The molecule has 1 aliphatic carbocycles. The van der Waals surface area contributed by atoms with E-state index in [0.717, 1.165) is 59.2 Å². The van der Waals surface area contributed by atoms with Crippen LogP contribution in [0.15, 0.2) is 33.5 Å². The van der Waals surface area contributed by atoms with Crippen molar-refractivity contribution in [3.05, 3.63) is 56.4 Å². The SMILES string of the molecule is O=c1oc2c3c(c(Cl)cc2c2c1CCCC2)OCN(c1ccc2c(c1)OCO2)C3. The summed E-state index contributed by atoms with van der Waals surface area (Å²) in [6, 6.07) is 7.67. The normalized spacial score (nSPS) is 17.1. The highest BCUT2D eigenvalue weighted by atomic mass is 35.5. The minimum atomic E-state index is -0.239. The van der Waals surface area contributed by atoms with Gasteiger partial charge in [-0.05, 0) is 49.4 Å². The smallest absolute Gasteiger partial charge is 0.339 e. The van der Waals surface area contributed by atoms with Crippen LogP contribution in [0.5, 0.6) is 17.2 Å². The number of ether oxygens (including phenoxy) is 3. The summed E-state index contributed by atoms with van der Waals surface area (Å²) in [5, 5.41) is 1.48. The molecular weight excluding hydrogens is 394 g/mol. The monoisotopic (exact) mass is 411 g/mol. The Labute approximate surface area is 171 Å². The lowest BCUT2D eigenvalue weighted by atomic mass is 9.90. The fourth-order valence-corrected chi connectivity index (χ4v) is 4.79. The van der Waals surface area contributed by atoms with E-state index in [2.05, 4.69) is 4.90 Å². The van der Waals surface area contributed by atoms with Gasteiger partial charge in [0.2, 0.25) is 6.79 Å². The first-order valence-electron chi connectivity index (χ1n) is 9.76. The first-order valence-corrected chi connectivity index (χ1v) is 10.1. The van der Waals surface area contributed by atoms with Gasteiger partial charge in [0.05, 0.1) is 17.1 Å². The first-order chi connectivity index (χ1) is 14.2. The zero-order valence-corrected chi connectivity index (χ0v) is 16.4. The molecule has 0 atom stereocenters.